The third-order valence-electron chi connectivity index (χ3n) is 6.95. The average molecular weight is 498 g/mol. The number of methoxy groups -OCH3 is 1. The lowest BCUT2D eigenvalue weighted by Gasteiger charge is -2.41. The summed E-state index contributed by atoms with van der Waals surface area (Å²) in [6.07, 6.45) is 6.09. The molecule has 0 unspecified atom stereocenters. The van der Waals surface area contributed by atoms with Crippen LogP contribution in [-0.4, -0.2) is 74.0 Å². The van der Waals surface area contributed by atoms with Gasteiger partial charge < -0.3 is 20.3 Å². The van der Waals surface area contributed by atoms with Crippen LogP contribution in [0.1, 0.15) is 73.1 Å². The number of carbonyl (C=O) groups is 2. The number of fused-ring (bicyclic) bond motifs is 1. The van der Waals surface area contributed by atoms with E-state index in [1.165, 1.54) is 13.4 Å². The Balaban J connectivity index is 1.52. The summed E-state index contributed by atoms with van der Waals surface area (Å²) in [7, 11) is 1.42. The summed E-state index contributed by atoms with van der Waals surface area (Å²) in [5, 5.41) is 6.93. The number of nitrogens with zero attached hydrogens (tertiary/aromatic N) is 5. The van der Waals surface area contributed by atoms with Crippen molar-refractivity contribution in [2.75, 3.05) is 19.0 Å². The molecule has 4 atom stereocenters. The van der Waals surface area contributed by atoms with Gasteiger partial charge in [-0.25, -0.2) is 19.9 Å². The highest BCUT2D eigenvalue weighted by atomic mass is 16.5. The van der Waals surface area contributed by atoms with E-state index < -0.39 is 6.04 Å². The van der Waals surface area contributed by atoms with Crippen molar-refractivity contribution in [3.8, 4) is 0 Å². The number of ether oxygens (including phenoxy) is 1. The fourth-order valence-corrected chi connectivity index (χ4v) is 5.33. The molecule has 2 aromatic heterocycles. The average Bonchev–Trinajstić information content (AvgIpc) is 3.16. The van der Waals surface area contributed by atoms with E-state index in [9.17, 15) is 9.59 Å². The van der Waals surface area contributed by atoms with E-state index in [1.54, 1.807) is 6.20 Å². The maximum absolute atomic E-state index is 13.6. The minimum Gasteiger partial charge on any atom is -0.469 e. The lowest BCUT2D eigenvalue weighted by atomic mass is 9.80. The first-order valence-corrected chi connectivity index (χ1v) is 12.8. The number of rotatable bonds is 5. The Morgan fingerprint density at radius 3 is 2.50 bits per heavy atom. The summed E-state index contributed by atoms with van der Waals surface area (Å²) >= 11 is 0. The Labute approximate surface area is 213 Å². The van der Waals surface area contributed by atoms with Crippen LogP contribution in [0.25, 0.3) is 11.0 Å². The van der Waals surface area contributed by atoms with E-state index in [1.807, 2.05) is 25.7 Å². The van der Waals surface area contributed by atoms with Crippen LogP contribution in [-0.2, 0) is 19.7 Å². The fraction of sp³-hybridized carbons (Fsp3) is 0.692. The zero-order valence-corrected chi connectivity index (χ0v) is 22.5. The molecule has 0 aromatic carbocycles. The highest BCUT2D eigenvalue weighted by molar-refractivity contribution is 5.91. The normalized spacial score (nSPS) is 25.3. The van der Waals surface area contributed by atoms with Gasteiger partial charge in [-0.3, -0.25) is 9.59 Å². The van der Waals surface area contributed by atoms with Gasteiger partial charge in [0, 0.05) is 29.6 Å². The van der Waals surface area contributed by atoms with E-state index in [4.69, 9.17) is 9.72 Å². The standard InChI is InChI=1S/C26H39N7O3/c1-25(2,3)24-27-13-18-20(31-24)21(29-14-28-18)30-17-10-11-33(22(17)34)19-9-8-15(32-26(4,5)6)12-16(19)23(35)36-7/h13-17,19,32H,8-12H2,1-7H3,(H,28,29,30)/t15-,16-,17+,19+/m1/s1. The van der Waals surface area contributed by atoms with Gasteiger partial charge in [0.2, 0.25) is 5.91 Å². The Hall–Kier alpha value is -2.88. The van der Waals surface area contributed by atoms with Gasteiger partial charge >= 0.3 is 5.97 Å². The third kappa shape index (κ3) is 5.58. The molecule has 3 heterocycles. The van der Waals surface area contributed by atoms with E-state index in [0.717, 1.165) is 12.8 Å². The van der Waals surface area contributed by atoms with Gasteiger partial charge in [0.1, 0.15) is 29.2 Å². The topological polar surface area (TPSA) is 122 Å². The number of amides is 1. The van der Waals surface area contributed by atoms with Crippen molar-refractivity contribution in [1.29, 1.82) is 0 Å². The first kappa shape index (κ1) is 26.2. The SMILES string of the molecule is COC(=O)[C@@H]1C[C@H](NC(C)(C)C)CC[C@@H]1N1CC[C@H](Nc2ncnc3cnc(C(C)(C)C)nc23)C1=O. The molecule has 1 saturated heterocycles. The third-order valence-corrected chi connectivity index (χ3v) is 6.95. The number of aromatic nitrogens is 4. The molecular formula is C26H39N7O3. The second-order valence-electron chi connectivity index (χ2n) is 12.0. The van der Waals surface area contributed by atoms with Gasteiger partial charge in [-0.15, -0.1) is 0 Å². The van der Waals surface area contributed by atoms with Gasteiger partial charge in [-0.05, 0) is 46.5 Å². The highest BCUT2D eigenvalue weighted by Gasteiger charge is 2.45. The molecule has 4 rings (SSSR count). The minimum absolute atomic E-state index is 0.0204. The van der Waals surface area contributed by atoms with Crippen molar-refractivity contribution >= 4 is 28.7 Å². The molecule has 1 aliphatic carbocycles. The molecule has 1 amide bonds. The molecule has 1 saturated carbocycles. The number of carbonyl (C=O) groups excluding carboxylic acids is 2. The Morgan fingerprint density at radius 2 is 1.83 bits per heavy atom. The van der Waals surface area contributed by atoms with Crippen LogP contribution >= 0.6 is 0 Å². The number of likely N-dealkylation sites (tertiary alicyclic amines) is 1. The van der Waals surface area contributed by atoms with Gasteiger partial charge in [-0.1, -0.05) is 20.8 Å². The first-order chi connectivity index (χ1) is 16.9. The molecule has 10 heteroatoms. The lowest BCUT2D eigenvalue weighted by molar-refractivity contribution is -0.151. The largest absolute Gasteiger partial charge is 0.469 e. The van der Waals surface area contributed by atoms with Crippen molar-refractivity contribution in [2.24, 2.45) is 5.92 Å². The molecule has 0 spiro atoms. The zero-order valence-electron chi connectivity index (χ0n) is 22.5. The predicted molar refractivity (Wildman–Crippen MR) is 137 cm³/mol. The lowest BCUT2D eigenvalue weighted by Crippen LogP contribution is -2.54. The van der Waals surface area contributed by atoms with Crippen molar-refractivity contribution in [1.82, 2.24) is 30.2 Å². The van der Waals surface area contributed by atoms with Gasteiger partial charge in [-0.2, -0.15) is 0 Å². The predicted octanol–water partition coefficient (Wildman–Crippen LogP) is 2.83. The Kier molecular flexibility index (Phi) is 7.19. The smallest absolute Gasteiger partial charge is 0.310 e. The fourth-order valence-electron chi connectivity index (χ4n) is 5.33. The molecule has 2 N–H and O–H groups in total. The summed E-state index contributed by atoms with van der Waals surface area (Å²) in [6, 6.07) is -0.410. The minimum atomic E-state index is -0.445. The number of anilines is 1. The number of esters is 1. The summed E-state index contributed by atoms with van der Waals surface area (Å²) in [5.41, 5.74) is 0.946. The van der Waals surface area contributed by atoms with Crippen molar-refractivity contribution < 1.29 is 14.3 Å². The Morgan fingerprint density at radius 1 is 1.08 bits per heavy atom. The number of hydrogen-bond donors (Lipinski definition) is 2. The first-order valence-electron chi connectivity index (χ1n) is 12.8. The Bertz CT molecular complexity index is 1120. The van der Waals surface area contributed by atoms with Crippen LogP contribution < -0.4 is 10.6 Å². The molecule has 2 aromatic rings. The van der Waals surface area contributed by atoms with E-state index >= 15 is 0 Å². The molecule has 36 heavy (non-hydrogen) atoms. The highest BCUT2D eigenvalue weighted by Crippen LogP contribution is 2.34. The summed E-state index contributed by atoms with van der Waals surface area (Å²) in [5.74, 6) is 0.587. The van der Waals surface area contributed by atoms with Crippen molar-refractivity contribution in [3.63, 3.8) is 0 Å². The van der Waals surface area contributed by atoms with Crippen LogP contribution in [0.2, 0.25) is 0 Å². The molecular weight excluding hydrogens is 458 g/mol. The molecule has 2 fully saturated rings. The number of hydrogen-bond acceptors (Lipinski definition) is 9. The molecule has 10 nitrogen and oxygen atoms in total. The van der Waals surface area contributed by atoms with Crippen LogP contribution in [0.5, 0.6) is 0 Å². The zero-order chi connectivity index (χ0) is 26.3. The van der Waals surface area contributed by atoms with Crippen LogP contribution in [0.15, 0.2) is 12.5 Å². The van der Waals surface area contributed by atoms with Crippen molar-refractivity contribution in [2.45, 2.75) is 96.3 Å². The second-order valence-corrected chi connectivity index (χ2v) is 12.0. The monoisotopic (exact) mass is 497 g/mol. The number of nitrogens with one attached hydrogen (secondary N) is 2. The molecule has 1 aliphatic heterocycles. The molecule has 0 bridgehead atoms. The van der Waals surface area contributed by atoms with Gasteiger partial charge in [0.15, 0.2) is 5.82 Å². The quantitative estimate of drug-likeness (QED) is 0.600. The molecule has 2 aliphatic rings. The summed E-state index contributed by atoms with van der Waals surface area (Å²) in [4.78, 5) is 46.0. The molecule has 0 radical (unpaired) electrons. The van der Waals surface area contributed by atoms with Crippen LogP contribution in [0.3, 0.4) is 0 Å². The molecule has 196 valence electrons. The maximum atomic E-state index is 13.6. The van der Waals surface area contributed by atoms with E-state index in [-0.39, 0.29) is 40.8 Å². The van der Waals surface area contributed by atoms with Crippen LogP contribution in [0, 0.1) is 5.92 Å². The maximum Gasteiger partial charge on any atom is 0.310 e. The van der Waals surface area contributed by atoms with Gasteiger partial charge in [0.25, 0.3) is 0 Å². The van der Waals surface area contributed by atoms with Crippen LogP contribution in [0.4, 0.5) is 5.82 Å². The summed E-state index contributed by atoms with van der Waals surface area (Å²) in [6.45, 7) is 13.1. The second kappa shape index (κ2) is 9.88. The van der Waals surface area contributed by atoms with E-state index in [0.29, 0.717) is 42.1 Å². The van der Waals surface area contributed by atoms with Gasteiger partial charge in [0.05, 0.1) is 19.2 Å². The van der Waals surface area contributed by atoms with Crippen molar-refractivity contribution in [3.05, 3.63) is 18.3 Å². The van der Waals surface area contributed by atoms with E-state index in [2.05, 4.69) is 46.4 Å². The summed E-state index contributed by atoms with van der Waals surface area (Å²) < 4.78 is 5.15.